The molecule has 0 saturated carbocycles. The number of carboxylic acids is 1. The molecule has 1 amide bonds. The van der Waals surface area contributed by atoms with Gasteiger partial charge in [-0.3, -0.25) is 0 Å². The van der Waals surface area contributed by atoms with Gasteiger partial charge in [-0.1, -0.05) is 18.2 Å². The lowest BCUT2D eigenvalue weighted by Gasteiger charge is -2.35. The van der Waals surface area contributed by atoms with Crippen LogP contribution in [0.3, 0.4) is 0 Å². The maximum absolute atomic E-state index is 12.4. The summed E-state index contributed by atoms with van der Waals surface area (Å²) >= 11 is 0. The zero-order chi connectivity index (χ0) is 25.4. The molecule has 0 aliphatic heterocycles. The molecule has 4 rings (SSSR count). The van der Waals surface area contributed by atoms with E-state index in [1.54, 1.807) is 20.8 Å². The molecule has 7 heteroatoms. The van der Waals surface area contributed by atoms with Gasteiger partial charge in [-0.2, -0.15) is 0 Å². The Labute approximate surface area is 205 Å². The molecule has 0 heterocycles. The van der Waals surface area contributed by atoms with E-state index in [-0.39, 0.29) is 12.8 Å². The Kier molecular flexibility index (Phi) is 6.36. The Balaban J connectivity index is 1.57. The molecule has 0 saturated heterocycles. The molecular formula is C28H32N2O5. The fourth-order valence-corrected chi connectivity index (χ4v) is 4.37. The molecule has 35 heavy (non-hydrogen) atoms. The lowest BCUT2D eigenvalue weighted by atomic mass is 9.78. The summed E-state index contributed by atoms with van der Waals surface area (Å²) < 4.78 is 11.5. The number of fused-ring (bicyclic) bond motifs is 2. The molecule has 0 aromatic heterocycles. The number of aliphatic carboxylic acids is 1. The minimum absolute atomic E-state index is 0.151. The van der Waals surface area contributed by atoms with Gasteiger partial charge in [0.05, 0.1) is 0 Å². The van der Waals surface area contributed by atoms with Gasteiger partial charge >= 0.3 is 12.1 Å². The maximum Gasteiger partial charge on any atom is 0.408 e. The number of carbonyl (C=O) groups excluding carboxylic acids is 1. The summed E-state index contributed by atoms with van der Waals surface area (Å²) in [5, 5.41) is 14.8. The Bertz CT molecular complexity index is 1280. The van der Waals surface area contributed by atoms with Crippen molar-refractivity contribution in [2.45, 2.75) is 51.2 Å². The van der Waals surface area contributed by atoms with Gasteiger partial charge in [0.15, 0.2) is 0 Å². The Hall–Kier alpha value is -3.74. The van der Waals surface area contributed by atoms with Crippen LogP contribution in [-0.2, 0) is 22.4 Å². The van der Waals surface area contributed by atoms with Gasteiger partial charge in [-0.25, -0.2) is 9.59 Å². The molecule has 3 aromatic rings. The van der Waals surface area contributed by atoms with E-state index in [0.29, 0.717) is 17.9 Å². The van der Waals surface area contributed by atoms with Gasteiger partial charge in [0.25, 0.3) is 0 Å². The van der Waals surface area contributed by atoms with Gasteiger partial charge in [0.1, 0.15) is 22.6 Å². The first-order chi connectivity index (χ1) is 16.4. The standard InChI is InChI=1S/C28H32N2O5/c1-27(2,3)35-26(33)29-28(25(31)32)13-12-19-8-11-24(16-21(19)17-28)34-23-10-7-18-6-9-22(30(4)5)14-20(18)15-23/h6-11,14-16H,12-13,17H2,1-5H3,(H,29,33)(H,31,32). The third-order valence-electron chi connectivity index (χ3n) is 6.19. The van der Waals surface area contributed by atoms with Crippen LogP contribution >= 0.6 is 0 Å². The first-order valence-corrected chi connectivity index (χ1v) is 11.7. The summed E-state index contributed by atoms with van der Waals surface area (Å²) in [5.41, 5.74) is 0.840. The molecule has 0 radical (unpaired) electrons. The number of nitrogens with zero attached hydrogens (tertiary/aromatic N) is 1. The molecule has 1 unspecified atom stereocenters. The fraction of sp³-hybridized carbons (Fsp3) is 0.357. The number of rotatable bonds is 5. The number of benzene rings is 3. The number of aryl methyl sites for hydroxylation is 1. The Morgan fingerprint density at radius 2 is 1.63 bits per heavy atom. The molecule has 7 nitrogen and oxygen atoms in total. The second-order valence-electron chi connectivity index (χ2n) is 10.3. The maximum atomic E-state index is 12.4. The van der Waals surface area contributed by atoms with Gasteiger partial charge < -0.3 is 24.8 Å². The van der Waals surface area contributed by atoms with E-state index in [4.69, 9.17) is 9.47 Å². The third kappa shape index (κ3) is 5.50. The van der Waals surface area contributed by atoms with Gasteiger partial charge in [-0.05, 0) is 91.9 Å². The largest absolute Gasteiger partial charge is 0.479 e. The smallest absolute Gasteiger partial charge is 0.408 e. The number of hydrogen-bond donors (Lipinski definition) is 2. The zero-order valence-electron chi connectivity index (χ0n) is 20.8. The second-order valence-corrected chi connectivity index (χ2v) is 10.3. The predicted molar refractivity (Wildman–Crippen MR) is 137 cm³/mol. The molecular weight excluding hydrogens is 444 g/mol. The van der Waals surface area contributed by atoms with Crippen LogP contribution in [0.25, 0.3) is 10.8 Å². The van der Waals surface area contributed by atoms with E-state index in [0.717, 1.165) is 27.6 Å². The predicted octanol–water partition coefficient (Wildman–Crippen LogP) is 5.53. The number of amides is 1. The highest BCUT2D eigenvalue weighted by Crippen LogP contribution is 2.34. The monoisotopic (exact) mass is 476 g/mol. The summed E-state index contributed by atoms with van der Waals surface area (Å²) in [7, 11) is 4.01. The summed E-state index contributed by atoms with van der Waals surface area (Å²) in [5.74, 6) is 0.234. The summed E-state index contributed by atoms with van der Waals surface area (Å²) in [6.07, 6.45) is 0.233. The highest BCUT2D eigenvalue weighted by Gasteiger charge is 2.44. The SMILES string of the molecule is CN(C)c1ccc2ccc(Oc3ccc4c(c3)CC(NC(=O)OC(C)(C)C)(C(=O)O)CC4)cc2c1. The van der Waals surface area contributed by atoms with Gasteiger partial charge in [0.2, 0.25) is 0 Å². The van der Waals surface area contributed by atoms with Gasteiger partial charge in [0, 0.05) is 26.2 Å². The number of nitrogens with one attached hydrogen (secondary N) is 1. The molecule has 1 atom stereocenters. The molecule has 1 aliphatic carbocycles. The quantitative estimate of drug-likeness (QED) is 0.503. The van der Waals surface area contributed by atoms with E-state index in [9.17, 15) is 14.7 Å². The summed E-state index contributed by atoms with van der Waals surface area (Å²) in [6.45, 7) is 5.23. The Morgan fingerprint density at radius 3 is 2.31 bits per heavy atom. The first kappa shape index (κ1) is 24.4. The van der Waals surface area contributed by atoms with Gasteiger partial charge in [-0.15, -0.1) is 0 Å². The van der Waals surface area contributed by atoms with Crippen molar-refractivity contribution in [2.24, 2.45) is 0 Å². The van der Waals surface area contributed by atoms with Crippen LogP contribution in [-0.4, -0.2) is 42.4 Å². The van der Waals surface area contributed by atoms with Crippen molar-refractivity contribution in [2.75, 3.05) is 19.0 Å². The second kappa shape index (κ2) is 9.13. The molecule has 184 valence electrons. The van der Waals surface area contributed by atoms with Crippen LogP contribution in [0.15, 0.2) is 54.6 Å². The van der Waals surface area contributed by atoms with Crippen molar-refractivity contribution in [1.29, 1.82) is 0 Å². The molecule has 0 fully saturated rings. The van der Waals surface area contributed by atoms with Crippen molar-refractivity contribution in [3.63, 3.8) is 0 Å². The minimum Gasteiger partial charge on any atom is -0.479 e. The molecule has 0 spiro atoms. The van der Waals surface area contributed by atoms with Crippen LogP contribution in [0.1, 0.15) is 38.3 Å². The van der Waals surface area contributed by atoms with Crippen molar-refractivity contribution < 1.29 is 24.2 Å². The van der Waals surface area contributed by atoms with Crippen LogP contribution in [0.4, 0.5) is 10.5 Å². The van der Waals surface area contributed by atoms with E-state index < -0.39 is 23.2 Å². The number of anilines is 1. The molecule has 1 aliphatic rings. The average molecular weight is 477 g/mol. The van der Waals surface area contributed by atoms with Crippen LogP contribution in [0.5, 0.6) is 11.5 Å². The third-order valence-corrected chi connectivity index (χ3v) is 6.19. The molecule has 0 bridgehead atoms. The highest BCUT2D eigenvalue weighted by molar-refractivity contribution is 5.87. The minimum atomic E-state index is -1.43. The number of carbonyl (C=O) groups is 2. The number of hydrogen-bond acceptors (Lipinski definition) is 5. The van der Waals surface area contributed by atoms with Crippen molar-refractivity contribution in [1.82, 2.24) is 5.32 Å². The lowest BCUT2D eigenvalue weighted by Crippen LogP contribution is -2.58. The topological polar surface area (TPSA) is 88.1 Å². The first-order valence-electron chi connectivity index (χ1n) is 11.7. The average Bonchev–Trinajstić information content (AvgIpc) is 2.76. The summed E-state index contributed by atoms with van der Waals surface area (Å²) in [6, 6.07) is 17.9. The van der Waals surface area contributed by atoms with Crippen LogP contribution in [0.2, 0.25) is 0 Å². The molecule has 2 N–H and O–H groups in total. The number of carboxylic acid groups (broad SMARTS) is 1. The lowest BCUT2D eigenvalue weighted by molar-refractivity contribution is -0.145. The van der Waals surface area contributed by atoms with E-state index in [1.165, 1.54) is 0 Å². The van der Waals surface area contributed by atoms with Crippen LogP contribution in [0, 0.1) is 0 Å². The van der Waals surface area contributed by atoms with Crippen LogP contribution < -0.4 is 15.0 Å². The normalized spacial score (nSPS) is 17.4. The van der Waals surface area contributed by atoms with E-state index in [1.807, 2.05) is 50.5 Å². The highest BCUT2D eigenvalue weighted by atomic mass is 16.6. The Morgan fingerprint density at radius 1 is 0.943 bits per heavy atom. The zero-order valence-corrected chi connectivity index (χ0v) is 20.8. The van der Waals surface area contributed by atoms with Crippen molar-refractivity contribution in [3.8, 4) is 11.5 Å². The van der Waals surface area contributed by atoms with E-state index >= 15 is 0 Å². The number of alkyl carbamates (subject to hydrolysis) is 1. The van der Waals surface area contributed by atoms with E-state index in [2.05, 4.69) is 28.4 Å². The van der Waals surface area contributed by atoms with Crippen molar-refractivity contribution >= 4 is 28.5 Å². The summed E-state index contributed by atoms with van der Waals surface area (Å²) in [4.78, 5) is 26.7. The number of ether oxygens (including phenoxy) is 2. The van der Waals surface area contributed by atoms with Crippen molar-refractivity contribution in [3.05, 3.63) is 65.7 Å². The fourth-order valence-electron chi connectivity index (χ4n) is 4.37. The molecule has 3 aromatic carbocycles.